The standard InChI is InChI=1S/C21H30O4/c1-13(2)6-5-7-14(3)10-15-12-21(4)19(24-15)11-16-18(25-21)9-8-17(22)20(16)23/h6,10,15,17,19,22H,5,7-9,11-12H2,1-4H3/b14-10+/t15-,17-,19+,21-/m1/s1. The number of carbonyl (C=O) groups excluding carboxylic acids is 1. The van der Waals surface area contributed by atoms with Gasteiger partial charge in [-0.1, -0.05) is 23.3 Å². The van der Waals surface area contributed by atoms with E-state index in [2.05, 4.69) is 39.8 Å². The van der Waals surface area contributed by atoms with E-state index in [9.17, 15) is 9.90 Å². The van der Waals surface area contributed by atoms with Gasteiger partial charge in [-0.25, -0.2) is 0 Å². The number of aliphatic hydroxyl groups is 1. The Kier molecular flexibility index (Phi) is 5.21. The minimum atomic E-state index is -0.874. The van der Waals surface area contributed by atoms with Crippen LogP contribution in [-0.2, 0) is 14.3 Å². The molecule has 4 nitrogen and oxygen atoms in total. The highest BCUT2D eigenvalue weighted by Gasteiger charge is 2.51. The van der Waals surface area contributed by atoms with Gasteiger partial charge in [0.1, 0.15) is 23.6 Å². The zero-order chi connectivity index (χ0) is 18.2. The number of aliphatic hydroxyl groups excluding tert-OH is 1. The van der Waals surface area contributed by atoms with Gasteiger partial charge in [0.15, 0.2) is 5.78 Å². The summed E-state index contributed by atoms with van der Waals surface area (Å²) in [6.45, 7) is 8.48. The third kappa shape index (κ3) is 3.90. The van der Waals surface area contributed by atoms with Crippen LogP contribution < -0.4 is 0 Å². The molecule has 0 aromatic rings. The Labute approximate surface area is 150 Å². The second kappa shape index (κ2) is 7.08. The fraction of sp³-hybridized carbons (Fsp3) is 0.667. The van der Waals surface area contributed by atoms with Crippen LogP contribution in [0.4, 0.5) is 0 Å². The van der Waals surface area contributed by atoms with Crippen molar-refractivity contribution in [2.45, 2.75) is 90.1 Å². The van der Waals surface area contributed by atoms with Gasteiger partial charge in [0.2, 0.25) is 0 Å². The fourth-order valence-electron chi connectivity index (χ4n) is 4.07. The van der Waals surface area contributed by atoms with Crippen LogP contribution in [-0.4, -0.2) is 34.8 Å². The van der Waals surface area contributed by atoms with Gasteiger partial charge >= 0.3 is 0 Å². The van der Waals surface area contributed by atoms with E-state index in [1.54, 1.807) is 0 Å². The molecule has 2 aliphatic heterocycles. The molecule has 3 aliphatic rings. The number of Topliss-reactive ketones (excluding diaryl/α,β-unsaturated/α-hetero) is 1. The third-order valence-corrected chi connectivity index (χ3v) is 5.52. The Morgan fingerprint density at radius 2 is 2.12 bits per heavy atom. The van der Waals surface area contributed by atoms with Crippen molar-refractivity contribution in [3.05, 3.63) is 34.6 Å². The lowest BCUT2D eigenvalue weighted by molar-refractivity contribution is -0.129. The maximum absolute atomic E-state index is 12.2. The van der Waals surface area contributed by atoms with Gasteiger partial charge in [0, 0.05) is 24.8 Å². The fourth-order valence-corrected chi connectivity index (χ4v) is 4.07. The average molecular weight is 346 g/mol. The van der Waals surface area contributed by atoms with Crippen LogP contribution in [0.2, 0.25) is 0 Å². The summed E-state index contributed by atoms with van der Waals surface area (Å²) in [7, 11) is 0. The van der Waals surface area contributed by atoms with Gasteiger partial charge < -0.3 is 14.6 Å². The van der Waals surface area contributed by atoms with Crippen molar-refractivity contribution in [1.82, 2.24) is 0 Å². The summed E-state index contributed by atoms with van der Waals surface area (Å²) in [5.41, 5.74) is 2.95. The highest BCUT2D eigenvalue weighted by atomic mass is 16.6. The normalized spacial score (nSPS) is 35.2. The maximum Gasteiger partial charge on any atom is 0.190 e. The lowest BCUT2D eigenvalue weighted by Gasteiger charge is -2.39. The molecule has 0 bridgehead atoms. The van der Waals surface area contributed by atoms with Crippen molar-refractivity contribution in [2.24, 2.45) is 0 Å². The molecule has 138 valence electrons. The molecule has 0 spiro atoms. The number of allylic oxidation sites excluding steroid dienone is 4. The summed E-state index contributed by atoms with van der Waals surface area (Å²) < 4.78 is 12.4. The predicted octanol–water partition coefficient (Wildman–Crippen LogP) is 3.99. The summed E-state index contributed by atoms with van der Waals surface area (Å²) in [5.74, 6) is 0.603. The zero-order valence-corrected chi connectivity index (χ0v) is 15.8. The Balaban J connectivity index is 1.66. The first-order valence-corrected chi connectivity index (χ1v) is 9.38. The van der Waals surface area contributed by atoms with Crippen LogP contribution in [0.1, 0.15) is 66.2 Å². The minimum absolute atomic E-state index is 0.0306. The minimum Gasteiger partial charge on any atom is -0.489 e. The summed E-state index contributed by atoms with van der Waals surface area (Å²) in [4.78, 5) is 12.2. The molecule has 0 aromatic carbocycles. The van der Waals surface area contributed by atoms with E-state index >= 15 is 0 Å². The molecule has 0 amide bonds. The van der Waals surface area contributed by atoms with Gasteiger partial charge in [-0.2, -0.15) is 0 Å². The number of ether oxygens (including phenoxy) is 2. The topological polar surface area (TPSA) is 55.8 Å². The van der Waals surface area contributed by atoms with Gasteiger partial charge in [0.25, 0.3) is 0 Å². The Morgan fingerprint density at radius 1 is 1.36 bits per heavy atom. The molecule has 1 saturated heterocycles. The van der Waals surface area contributed by atoms with Crippen LogP contribution >= 0.6 is 0 Å². The molecule has 1 aliphatic carbocycles. The van der Waals surface area contributed by atoms with Gasteiger partial charge in [-0.05, 0) is 47.0 Å². The van der Waals surface area contributed by atoms with Crippen molar-refractivity contribution in [3.8, 4) is 0 Å². The number of carbonyl (C=O) groups is 1. The van der Waals surface area contributed by atoms with Gasteiger partial charge in [-0.15, -0.1) is 0 Å². The van der Waals surface area contributed by atoms with E-state index < -0.39 is 6.10 Å². The summed E-state index contributed by atoms with van der Waals surface area (Å²) in [6.07, 6.45) is 8.07. The lowest BCUT2D eigenvalue weighted by Crippen LogP contribution is -2.45. The molecule has 3 rings (SSSR count). The number of ketones is 1. The first-order valence-electron chi connectivity index (χ1n) is 9.38. The Morgan fingerprint density at radius 3 is 2.84 bits per heavy atom. The van der Waals surface area contributed by atoms with Crippen molar-refractivity contribution in [2.75, 3.05) is 0 Å². The van der Waals surface area contributed by atoms with E-state index in [4.69, 9.17) is 9.47 Å². The van der Waals surface area contributed by atoms with Crippen LogP contribution in [0.3, 0.4) is 0 Å². The first kappa shape index (κ1) is 18.4. The SMILES string of the molecule is CC(C)=CCC/C(C)=C/[C@@H]1C[C@@]2(C)OC3=C(C[C@@H]2O1)C(=O)[C@H](O)CC3. The molecule has 4 atom stereocenters. The second-order valence-electron chi connectivity index (χ2n) is 8.14. The molecule has 0 saturated carbocycles. The molecule has 4 heteroatoms. The van der Waals surface area contributed by atoms with E-state index in [1.165, 1.54) is 11.1 Å². The zero-order valence-electron chi connectivity index (χ0n) is 15.8. The summed E-state index contributed by atoms with van der Waals surface area (Å²) >= 11 is 0. The van der Waals surface area contributed by atoms with E-state index in [0.717, 1.165) is 25.0 Å². The van der Waals surface area contributed by atoms with Crippen molar-refractivity contribution in [3.63, 3.8) is 0 Å². The predicted molar refractivity (Wildman–Crippen MR) is 97.1 cm³/mol. The monoisotopic (exact) mass is 346 g/mol. The van der Waals surface area contributed by atoms with Gasteiger partial charge in [-0.3, -0.25) is 4.79 Å². The molecule has 1 fully saturated rings. The van der Waals surface area contributed by atoms with Crippen LogP contribution in [0, 0.1) is 0 Å². The highest BCUT2D eigenvalue weighted by molar-refractivity contribution is 6.00. The van der Waals surface area contributed by atoms with Crippen LogP contribution in [0.5, 0.6) is 0 Å². The molecule has 0 unspecified atom stereocenters. The number of fused-ring (bicyclic) bond motifs is 1. The lowest BCUT2D eigenvalue weighted by atomic mass is 9.82. The van der Waals surface area contributed by atoms with E-state index in [0.29, 0.717) is 24.8 Å². The number of rotatable bonds is 4. The van der Waals surface area contributed by atoms with Crippen LogP contribution in [0.15, 0.2) is 34.6 Å². The van der Waals surface area contributed by atoms with Crippen molar-refractivity contribution in [1.29, 1.82) is 0 Å². The molecule has 0 radical (unpaired) electrons. The summed E-state index contributed by atoms with van der Waals surface area (Å²) in [6, 6.07) is 0. The largest absolute Gasteiger partial charge is 0.489 e. The summed E-state index contributed by atoms with van der Waals surface area (Å²) in [5, 5.41) is 9.82. The van der Waals surface area contributed by atoms with Crippen LogP contribution in [0.25, 0.3) is 0 Å². The average Bonchev–Trinajstić information content (AvgIpc) is 2.83. The highest BCUT2D eigenvalue weighted by Crippen LogP contribution is 2.46. The van der Waals surface area contributed by atoms with Gasteiger partial charge in [0.05, 0.1) is 6.10 Å². The second-order valence-corrected chi connectivity index (χ2v) is 8.14. The Hall–Kier alpha value is -1.39. The molecular formula is C21H30O4. The molecule has 2 heterocycles. The number of hydrogen-bond donors (Lipinski definition) is 1. The Bertz CT molecular complexity index is 638. The maximum atomic E-state index is 12.2. The smallest absolute Gasteiger partial charge is 0.190 e. The van der Waals surface area contributed by atoms with Crippen molar-refractivity contribution >= 4 is 5.78 Å². The quantitative estimate of drug-likeness (QED) is 0.782. The van der Waals surface area contributed by atoms with Crippen molar-refractivity contribution < 1.29 is 19.4 Å². The van der Waals surface area contributed by atoms with E-state index in [1.807, 2.05) is 0 Å². The molecule has 1 N–H and O–H groups in total. The molecule has 0 aromatic heterocycles. The third-order valence-electron chi connectivity index (χ3n) is 5.52. The molecular weight excluding hydrogens is 316 g/mol. The molecule has 25 heavy (non-hydrogen) atoms. The van der Waals surface area contributed by atoms with E-state index in [-0.39, 0.29) is 23.6 Å². The number of hydrogen-bond acceptors (Lipinski definition) is 4. The first-order chi connectivity index (χ1) is 11.8.